The number of ether oxygens (including phenoxy) is 1. The average molecular weight is 323 g/mol. The predicted octanol–water partition coefficient (Wildman–Crippen LogP) is 2.56. The van der Waals surface area contributed by atoms with Gasteiger partial charge in [-0.2, -0.15) is 0 Å². The van der Waals surface area contributed by atoms with Crippen molar-refractivity contribution in [3.05, 3.63) is 69.1 Å². The zero-order valence-electron chi connectivity index (χ0n) is 12.4. The number of esters is 2. The van der Waals surface area contributed by atoms with Crippen LogP contribution in [0.1, 0.15) is 49.1 Å². The van der Waals surface area contributed by atoms with Gasteiger partial charge < -0.3 is 4.74 Å². The molecule has 0 N–H and O–H groups in total. The van der Waals surface area contributed by atoms with E-state index in [0.29, 0.717) is 0 Å². The number of carbonyl (C=O) groups excluding carboxylic acids is 4. The van der Waals surface area contributed by atoms with E-state index in [4.69, 9.17) is 0 Å². The van der Waals surface area contributed by atoms with E-state index < -0.39 is 29.2 Å². The monoisotopic (exact) mass is 323 g/mol. The van der Waals surface area contributed by atoms with Crippen molar-refractivity contribution in [3.8, 4) is 0 Å². The van der Waals surface area contributed by atoms with Crippen molar-refractivity contribution in [3.63, 3.8) is 0 Å². The van der Waals surface area contributed by atoms with Crippen LogP contribution < -0.4 is 0 Å². The Morgan fingerprint density at radius 3 is 2.12 bits per heavy atom. The van der Waals surface area contributed by atoms with E-state index in [-0.39, 0.29) is 27.8 Å². The van der Waals surface area contributed by atoms with Crippen LogP contribution in [0.4, 0.5) is 5.69 Å². The third-order valence-corrected chi connectivity index (χ3v) is 3.61. The summed E-state index contributed by atoms with van der Waals surface area (Å²) in [6, 6.07) is 8.54. The second kappa shape index (κ2) is 5.62. The molecule has 1 aliphatic carbocycles. The first-order valence-electron chi connectivity index (χ1n) is 6.87. The van der Waals surface area contributed by atoms with Gasteiger partial charge >= 0.3 is 11.9 Å². The number of hydrogen-bond acceptors (Lipinski definition) is 7. The van der Waals surface area contributed by atoms with Crippen LogP contribution in [0.3, 0.4) is 0 Å². The van der Waals surface area contributed by atoms with Gasteiger partial charge in [-0.05, 0) is 17.3 Å². The molecule has 7 heteroatoms. The van der Waals surface area contributed by atoms with E-state index in [0.717, 1.165) is 13.0 Å². The standard InChI is InChI=1S/C17H9NO6/c1-8(19)24-17(22)12-7-6-11-13(14(12)18-23)16(21)10-5-3-2-4-9(10)15(11)20/h2-7H,1H3. The highest BCUT2D eigenvalue weighted by Gasteiger charge is 2.34. The SMILES string of the molecule is CC(=O)OC(=O)c1ccc2c(c1N=O)C(=O)c1ccccc1C2=O. The molecule has 0 aliphatic heterocycles. The Morgan fingerprint density at radius 2 is 1.54 bits per heavy atom. The summed E-state index contributed by atoms with van der Waals surface area (Å²) in [6.07, 6.45) is 0. The predicted molar refractivity (Wildman–Crippen MR) is 81.3 cm³/mol. The molecule has 0 saturated carbocycles. The van der Waals surface area contributed by atoms with Crippen molar-refractivity contribution in [1.29, 1.82) is 0 Å². The minimum Gasteiger partial charge on any atom is -0.390 e. The van der Waals surface area contributed by atoms with Gasteiger partial charge in [-0.15, -0.1) is 4.91 Å². The Morgan fingerprint density at radius 1 is 0.917 bits per heavy atom. The highest BCUT2D eigenvalue weighted by molar-refractivity contribution is 6.30. The Hall–Kier alpha value is -3.48. The minimum atomic E-state index is -1.11. The molecule has 0 fully saturated rings. The van der Waals surface area contributed by atoms with Crippen molar-refractivity contribution in [2.24, 2.45) is 5.18 Å². The van der Waals surface area contributed by atoms with Gasteiger partial charge in [-0.25, -0.2) is 4.79 Å². The first-order chi connectivity index (χ1) is 11.5. The zero-order valence-corrected chi connectivity index (χ0v) is 12.4. The molecular formula is C17H9NO6. The number of nitroso groups, excluding NO2 is 1. The van der Waals surface area contributed by atoms with Gasteiger partial charge in [0.05, 0.1) is 11.1 Å². The smallest absolute Gasteiger partial charge is 0.348 e. The third-order valence-electron chi connectivity index (χ3n) is 3.61. The maximum Gasteiger partial charge on any atom is 0.348 e. The van der Waals surface area contributed by atoms with Crippen molar-refractivity contribution < 1.29 is 23.9 Å². The molecule has 2 aromatic carbocycles. The van der Waals surface area contributed by atoms with Gasteiger partial charge in [0.1, 0.15) is 5.69 Å². The lowest BCUT2D eigenvalue weighted by molar-refractivity contribution is -0.135. The maximum absolute atomic E-state index is 12.7. The molecule has 24 heavy (non-hydrogen) atoms. The lowest BCUT2D eigenvalue weighted by Crippen LogP contribution is -2.22. The Balaban J connectivity index is 2.25. The fraction of sp³-hybridized carbons (Fsp3) is 0.0588. The Bertz CT molecular complexity index is 944. The molecular weight excluding hydrogens is 314 g/mol. The van der Waals surface area contributed by atoms with Crippen molar-refractivity contribution >= 4 is 29.2 Å². The fourth-order valence-corrected chi connectivity index (χ4v) is 2.61. The normalized spacial score (nSPS) is 12.2. The summed E-state index contributed by atoms with van der Waals surface area (Å²) >= 11 is 0. The van der Waals surface area contributed by atoms with Gasteiger partial charge in [0.15, 0.2) is 11.6 Å². The molecule has 2 aromatic rings. The van der Waals surface area contributed by atoms with Gasteiger partial charge in [-0.3, -0.25) is 14.4 Å². The van der Waals surface area contributed by atoms with Crippen LogP contribution in [0, 0.1) is 4.91 Å². The molecule has 0 unspecified atom stereocenters. The lowest BCUT2D eigenvalue weighted by atomic mass is 9.82. The molecule has 0 spiro atoms. The molecule has 0 saturated heterocycles. The summed E-state index contributed by atoms with van der Waals surface area (Å²) in [6.45, 7) is 1.02. The van der Waals surface area contributed by atoms with Crippen molar-refractivity contribution in [2.75, 3.05) is 0 Å². The first kappa shape index (κ1) is 15.4. The van der Waals surface area contributed by atoms with Crippen LogP contribution in [0.5, 0.6) is 0 Å². The van der Waals surface area contributed by atoms with E-state index in [1.165, 1.54) is 18.2 Å². The molecule has 0 heterocycles. The molecule has 7 nitrogen and oxygen atoms in total. The van der Waals surface area contributed by atoms with Crippen LogP contribution >= 0.6 is 0 Å². The summed E-state index contributed by atoms with van der Waals surface area (Å²) in [5, 5.41) is 2.73. The number of benzene rings is 2. The number of nitrogens with zero attached hydrogens (tertiary/aromatic N) is 1. The number of carbonyl (C=O) groups is 4. The van der Waals surface area contributed by atoms with Crippen LogP contribution in [-0.2, 0) is 9.53 Å². The van der Waals surface area contributed by atoms with E-state index in [1.54, 1.807) is 12.1 Å². The Kier molecular flexibility index (Phi) is 3.61. The van der Waals surface area contributed by atoms with Crippen LogP contribution in [0.2, 0.25) is 0 Å². The van der Waals surface area contributed by atoms with Crippen LogP contribution in [0.15, 0.2) is 41.6 Å². The van der Waals surface area contributed by atoms with E-state index in [9.17, 15) is 24.1 Å². The van der Waals surface area contributed by atoms with Gasteiger partial charge in [-0.1, -0.05) is 24.3 Å². The first-order valence-corrected chi connectivity index (χ1v) is 6.87. The van der Waals surface area contributed by atoms with E-state index in [1.807, 2.05) is 0 Å². The summed E-state index contributed by atoms with van der Waals surface area (Å²) in [5.41, 5.74) is -0.798. The second-order valence-electron chi connectivity index (χ2n) is 5.06. The lowest BCUT2D eigenvalue weighted by Gasteiger charge is -2.18. The highest BCUT2D eigenvalue weighted by atomic mass is 16.6. The summed E-state index contributed by atoms with van der Waals surface area (Å²) in [5.74, 6) is -3.02. The van der Waals surface area contributed by atoms with E-state index >= 15 is 0 Å². The topological polar surface area (TPSA) is 107 Å². The van der Waals surface area contributed by atoms with Gasteiger partial charge in [0.2, 0.25) is 0 Å². The van der Waals surface area contributed by atoms with Crippen molar-refractivity contribution in [1.82, 2.24) is 0 Å². The highest BCUT2D eigenvalue weighted by Crippen LogP contribution is 2.36. The minimum absolute atomic E-state index is 0.0207. The summed E-state index contributed by atoms with van der Waals surface area (Å²) in [7, 11) is 0. The van der Waals surface area contributed by atoms with E-state index in [2.05, 4.69) is 9.91 Å². The molecule has 0 bridgehead atoms. The quantitative estimate of drug-likeness (QED) is 0.407. The number of rotatable bonds is 2. The molecule has 1 aliphatic rings. The summed E-state index contributed by atoms with van der Waals surface area (Å²) < 4.78 is 4.43. The number of hydrogen-bond donors (Lipinski definition) is 0. The fourth-order valence-electron chi connectivity index (χ4n) is 2.61. The van der Waals surface area contributed by atoms with Gasteiger partial charge in [0, 0.05) is 23.6 Å². The zero-order chi connectivity index (χ0) is 17.4. The number of ketones is 2. The molecule has 0 atom stereocenters. The molecule has 0 amide bonds. The third kappa shape index (κ3) is 2.23. The summed E-state index contributed by atoms with van der Waals surface area (Å²) in [4.78, 5) is 59.3. The van der Waals surface area contributed by atoms with Crippen LogP contribution in [0.25, 0.3) is 0 Å². The number of fused-ring (bicyclic) bond motifs is 2. The van der Waals surface area contributed by atoms with Crippen LogP contribution in [-0.4, -0.2) is 23.5 Å². The molecule has 0 radical (unpaired) electrons. The van der Waals surface area contributed by atoms with Gasteiger partial charge in [0.25, 0.3) is 0 Å². The molecule has 118 valence electrons. The molecule has 0 aromatic heterocycles. The second-order valence-corrected chi connectivity index (χ2v) is 5.06. The average Bonchev–Trinajstić information content (AvgIpc) is 2.57. The largest absolute Gasteiger partial charge is 0.390 e. The van der Waals surface area contributed by atoms with Crippen molar-refractivity contribution in [2.45, 2.75) is 6.92 Å². The maximum atomic E-state index is 12.7. The Labute approximate surface area is 135 Å². The molecule has 3 rings (SSSR count).